The van der Waals surface area contributed by atoms with Crippen LogP contribution >= 0.6 is 0 Å². The minimum atomic E-state index is -0.679. The highest BCUT2D eigenvalue weighted by atomic mass is 16.7. The van der Waals surface area contributed by atoms with Crippen molar-refractivity contribution in [1.29, 1.82) is 0 Å². The van der Waals surface area contributed by atoms with Crippen LogP contribution in [0.3, 0.4) is 0 Å². The number of fused-ring (bicyclic) bond motifs is 2. The number of benzene rings is 3. The smallest absolute Gasteiger partial charge is 0.330 e. The first-order valence-electron chi connectivity index (χ1n) is 9.84. The zero-order valence-electron chi connectivity index (χ0n) is 16.4. The maximum atomic E-state index is 12.5. The van der Waals surface area contributed by atoms with Gasteiger partial charge in [0.2, 0.25) is 0 Å². The van der Waals surface area contributed by atoms with Crippen molar-refractivity contribution in [1.82, 2.24) is 14.6 Å². The number of nitrogens with zero attached hydrogens (tertiary/aromatic N) is 3. The predicted octanol–water partition coefficient (Wildman–Crippen LogP) is 3.71. The Morgan fingerprint density at radius 3 is 2.13 bits per heavy atom. The zero-order chi connectivity index (χ0) is 21.4. The van der Waals surface area contributed by atoms with Crippen molar-refractivity contribution in [3.8, 4) is 5.69 Å². The van der Waals surface area contributed by atoms with Crippen molar-refractivity contribution < 1.29 is 19.2 Å². The molecule has 0 unspecified atom stereocenters. The second-order valence-corrected chi connectivity index (χ2v) is 7.10. The lowest BCUT2D eigenvalue weighted by Gasteiger charge is -2.13. The average Bonchev–Trinajstić information content (AvgIpc) is 3.29. The fourth-order valence-corrected chi connectivity index (χ4v) is 3.72. The molecule has 0 N–H and O–H groups in total. The number of imidazole rings is 1. The van der Waals surface area contributed by atoms with Crippen LogP contribution in [0.15, 0.2) is 78.9 Å². The van der Waals surface area contributed by atoms with E-state index in [2.05, 4.69) is 4.98 Å². The second kappa shape index (κ2) is 7.53. The molecule has 0 saturated carbocycles. The molecule has 0 bridgehead atoms. The summed E-state index contributed by atoms with van der Waals surface area (Å²) < 4.78 is 1.99. The number of aromatic nitrogens is 2. The van der Waals surface area contributed by atoms with Crippen LogP contribution in [-0.4, -0.2) is 32.4 Å². The maximum absolute atomic E-state index is 12.5. The lowest BCUT2D eigenvalue weighted by Crippen LogP contribution is -2.32. The minimum Gasteiger partial charge on any atom is -0.330 e. The molecule has 31 heavy (non-hydrogen) atoms. The van der Waals surface area contributed by atoms with Crippen LogP contribution in [0.25, 0.3) is 16.7 Å². The van der Waals surface area contributed by atoms with Crippen molar-refractivity contribution >= 4 is 28.8 Å². The normalized spacial score (nSPS) is 13.0. The van der Waals surface area contributed by atoms with Crippen molar-refractivity contribution in [2.24, 2.45) is 0 Å². The Bertz CT molecular complexity index is 1290. The van der Waals surface area contributed by atoms with Crippen LogP contribution in [0.1, 0.15) is 33.0 Å². The summed E-state index contributed by atoms with van der Waals surface area (Å²) in [5, 5.41) is 0.535. The molecule has 0 fully saturated rings. The number of hydrogen-bond acceptors (Lipinski definition) is 5. The monoisotopic (exact) mass is 411 g/mol. The Morgan fingerprint density at radius 1 is 0.806 bits per heavy atom. The largest absolute Gasteiger partial charge is 0.333 e. The Balaban J connectivity index is 1.36. The van der Waals surface area contributed by atoms with Crippen LogP contribution in [0.5, 0.6) is 0 Å². The number of aryl methyl sites for hydroxylation is 1. The van der Waals surface area contributed by atoms with Gasteiger partial charge < -0.3 is 4.84 Å². The molecular weight excluding hydrogens is 394 g/mol. The molecule has 7 nitrogen and oxygen atoms in total. The van der Waals surface area contributed by atoms with E-state index in [-0.39, 0.29) is 24.0 Å². The third-order valence-corrected chi connectivity index (χ3v) is 5.15. The van der Waals surface area contributed by atoms with Gasteiger partial charge >= 0.3 is 5.97 Å². The fourth-order valence-electron chi connectivity index (χ4n) is 3.72. The van der Waals surface area contributed by atoms with Crippen LogP contribution in [0, 0.1) is 0 Å². The van der Waals surface area contributed by atoms with Gasteiger partial charge in [0.25, 0.3) is 11.8 Å². The van der Waals surface area contributed by atoms with E-state index in [1.165, 1.54) is 12.1 Å². The Labute approximate surface area is 177 Å². The van der Waals surface area contributed by atoms with Gasteiger partial charge in [0, 0.05) is 12.1 Å². The summed E-state index contributed by atoms with van der Waals surface area (Å²) in [6, 6.07) is 23.8. The number of amides is 2. The molecule has 5 rings (SSSR count). The number of hydroxylamine groups is 2. The molecule has 1 aliphatic rings. The summed E-state index contributed by atoms with van der Waals surface area (Å²) in [6.45, 7) is 0. The highest BCUT2D eigenvalue weighted by Gasteiger charge is 2.38. The first kappa shape index (κ1) is 18.7. The molecule has 0 radical (unpaired) electrons. The maximum Gasteiger partial charge on any atom is 0.333 e. The summed E-state index contributed by atoms with van der Waals surface area (Å²) >= 11 is 0. The summed E-state index contributed by atoms with van der Waals surface area (Å²) in [6.07, 6.45) is 0.245. The number of carbonyl (C=O) groups is 3. The van der Waals surface area contributed by atoms with Crippen molar-refractivity contribution in [2.75, 3.05) is 0 Å². The second-order valence-electron chi connectivity index (χ2n) is 7.10. The molecule has 7 heteroatoms. The molecule has 2 amide bonds. The van der Waals surface area contributed by atoms with Gasteiger partial charge in [-0.1, -0.05) is 47.5 Å². The van der Waals surface area contributed by atoms with E-state index in [1.54, 1.807) is 12.1 Å². The van der Waals surface area contributed by atoms with Crippen LogP contribution in [0.2, 0.25) is 0 Å². The summed E-state index contributed by atoms with van der Waals surface area (Å²) in [5.41, 5.74) is 3.13. The predicted molar refractivity (Wildman–Crippen MR) is 112 cm³/mol. The molecule has 0 aliphatic carbocycles. The zero-order valence-corrected chi connectivity index (χ0v) is 16.4. The lowest BCUT2D eigenvalue weighted by molar-refractivity contribution is -0.168. The minimum absolute atomic E-state index is 0.0381. The van der Waals surface area contributed by atoms with Crippen LogP contribution < -0.4 is 0 Å². The van der Waals surface area contributed by atoms with Crippen LogP contribution in [0.4, 0.5) is 0 Å². The average molecular weight is 411 g/mol. The summed E-state index contributed by atoms with van der Waals surface area (Å²) in [4.78, 5) is 47.0. The van der Waals surface area contributed by atoms with E-state index in [0.29, 0.717) is 10.9 Å². The first-order valence-corrected chi connectivity index (χ1v) is 9.84. The third kappa shape index (κ3) is 3.26. The molecule has 2 heterocycles. The molecule has 0 saturated heterocycles. The molecule has 4 aromatic rings. The Hall–Kier alpha value is -4.26. The highest BCUT2D eigenvalue weighted by molar-refractivity contribution is 6.20. The molecule has 3 aromatic carbocycles. The molecule has 1 aromatic heterocycles. The standard InChI is InChI=1S/C24H17N3O4/c28-22(31-27-23(29)17-10-4-5-11-18(17)24(27)30)15-14-21-25-19-12-6-7-13-20(19)26(21)16-8-2-1-3-9-16/h1-13H,14-15H2. The number of rotatable bonds is 5. The Morgan fingerprint density at radius 2 is 1.42 bits per heavy atom. The SMILES string of the molecule is O=C(CCc1nc2ccccc2n1-c1ccccc1)ON1C(=O)c2ccccc2C1=O. The van der Waals surface area contributed by atoms with E-state index in [0.717, 1.165) is 16.7 Å². The van der Waals surface area contributed by atoms with Gasteiger partial charge in [-0.25, -0.2) is 9.78 Å². The topological polar surface area (TPSA) is 81.5 Å². The molecule has 1 aliphatic heterocycles. The highest BCUT2D eigenvalue weighted by Crippen LogP contribution is 2.24. The molecule has 0 atom stereocenters. The van der Waals surface area contributed by atoms with Gasteiger partial charge in [-0.15, -0.1) is 0 Å². The van der Waals surface area contributed by atoms with Gasteiger partial charge in [0.05, 0.1) is 28.6 Å². The van der Waals surface area contributed by atoms with Crippen molar-refractivity contribution in [3.05, 3.63) is 95.8 Å². The van der Waals surface area contributed by atoms with Gasteiger partial charge in [-0.2, -0.15) is 0 Å². The number of imide groups is 1. The quantitative estimate of drug-likeness (QED) is 0.468. The van der Waals surface area contributed by atoms with E-state index in [4.69, 9.17) is 4.84 Å². The van der Waals surface area contributed by atoms with Gasteiger partial charge in [-0.3, -0.25) is 14.2 Å². The van der Waals surface area contributed by atoms with Gasteiger partial charge in [-0.05, 0) is 36.4 Å². The third-order valence-electron chi connectivity index (χ3n) is 5.15. The summed E-state index contributed by atoms with van der Waals surface area (Å²) in [7, 11) is 0. The number of hydrogen-bond donors (Lipinski definition) is 0. The van der Waals surface area contributed by atoms with E-state index >= 15 is 0 Å². The Kier molecular flexibility index (Phi) is 4.55. The van der Waals surface area contributed by atoms with Gasteiger partial charge in [0.15, 0.2) is 0 Å². The van der Waals surface area contributed by atoms with Crippen LogP contribution in [-0.2, 0) is 16.1 Å². The number of carbonyl (C=O) groups excluding carboxylic acids is 3. The lowest BCUT2D eigenvalue weighted by atomic mass is 10.1. The van der Waals surface area contributed by atoms with Crippen molar-refractivity contribution in [3.63, 3.8) is 0 Å². The van der Waals surface area contributed by atoms with Gasteiger partial charge in [0.1, 0.15) is 5.82 Å². The molecular formula is C24H17N3O4. The van der Waals surface area contributed by atoms with E-state index in [1.807, 2.05) is 59.2 Å². The fraction of sp³-hybridized carbons (Fsp3) is 0.0833. The van der Waals surface area contributed by atoms with E-state index < -0.39 is 17.8 Å². The van der Waals surface area contributed by atoms with E-state index in [9.17, 15) is 14.4 Å². The first-order chi connectivity index (χ1) is 15.1. The molecule has 152 valence electrons. The number of para-hydroxylation sites is 3. The van der Waals surface area contributed by atoms with Crippen molar-refractivity contribution in [2.45, 2.75) is 12.8 Å². The molecule has 0 spiro atoms. The summed E-state index contributed by atoms with van der Waals surface area (Å²) in [5.74, 6) is -1.26.